The number of hydrogen-bond acceptors (Lipinski definition) is 0. The van der Waals surface area contributed by atoms with Crippen LogP contribution >= 0.6 is 11.1 Å². The van der Waals surface area contributed by atoms with Gasteiger partial charge in [-0.2, -0.15) is 11.1 Å². The van der Waals surface area contributed by atoms with E-state index in [9.17, 15) is 0 Å². The quantitative estimate of drug-likeness (QED) is 0.559. The highest BCUT2D eigenvalue weighted by Crippen LogP contribution is 2.17. The van der Waals surface area contributed by atoms with Gasteiger partial charge in [-0.3, -0.25) is 0 Å². The van der Waals surface area contributed by atoms with Crippen molar-refractivity contribution in [3.63, 3.8) is 0 Å². The fourth-order valence-corrected chi connectivity index (χ4v) is 1.55. The van der Waals surface area contributed by atoms with Crippen LogP contribution in [0.4, 0.5) is 0 Å². The molecule has 0 N–H and O–H groups in total. The maximum atomic E-state index is 5.55. The summed E-state index contributed by atoms with van der Waals surface area (Å²) in [5.41, 5.74) is 6.07. The van der Waals surface area contributed by atoms with Crippen LogP contribution < -0.4 is 0 Å². The van der Waals surface area contributed by atoms with Crippen molar-refractivity contribution in [1.29, 1.82) is 0 Å². The van der Waals surface area contributed by atoms with Crippen LogP contribution in [0.5, 0.6) is 0 Å². The second kappa shape index (κ2) is 8.51. The molecule has 92 valence electrons. The Labute approximate surface area is 116 Å². The van der Waals surface area contributed by atoms with E-state index in [-0.39, 0.29) is 0 Å². The fraction of sp³-hybridized carbons (Fsp3) is 0. The van der Waals surface area contributed by atoms with Crippen LogP contribution in [0, 0.1) is 0 Å². The Morgan fingerprint density at radius 2 is 1.06 bits per heavy atom. The fourth-order valence-electron chi connectivity index (χ4n) is 1.36. The van der Waals surface area contributed by atoms with Crippen LogP contribution in [-0.2, 0) is 0 Å². The van der Waals surface area contributed by atoms with Gasteiger partial charge in [0.2, 0.25) is 0 Å². The van der Waals surface area contributed by atoms with E-state index >= 15 is 0 Å². The van der Waals surface area contributed by atoms with Crippen LogP contribution in [0.25, 0.3) is 11.1 Å². The van der Waals surface area contributed by atoms with Crippen molar-refractivity contribution in [3.8, 4) is 11.1 Å². The van der Waals surface area contributed by atoms with E-state index in [0.717, 1.165) is 0 Å². The second-order valence-electron chi connectivity index (χ2n) is 3.65. The highest BCUT2D eigenvalue weighted by Gasteiger charge is 1.91. The molecule has 0 aliphatic carbocycles. The molecule has 2 heteroatoms. The molecule has 0 saturated carbocycles. The van der Waals surface area contributed by atoms with Crippen molar-refractivity contribution in [2.75, 3.05) is 0 Å². The predicted molar refractivity (Wildman–Crippen MR) is 85.3 cm³/mol. The molecule has 0 aromatic heterocycles. The summed E-state index contributed by atoms with van der Waals surface area (Å²) in [6, 6.07) is 20.8. The molecule has 2 rings (SSSR count). The Morgan fingerprint density at radius 1 is 0.722 bits per heavy atom. The zero-order chi connectivity index (χ0) is 13.2. The number of hydrogen-bond donors (Lipinski definition) is 0. The molecule has 0 spiro atoms. The highest BCUT2D eigenvalue weighted by molar-refractivity contribution is 7.12. The topological polar surface area (TPSA) is 0 Å². The van der Waals surface area contributed by atoms with Crippen LogP contribution in [0.2, 0.25) is 0 Å². The van der Waals surface area contributed by atoms with E-state index in [1.165, 1.54) is 11.1 Å². The van der Waals surface area contributed by atoms with Crippen molar-refractivity contribution in [1.82, 2.24) is 0 Å². The maximum absolute atomic E-state index is 5.55. The largest absolute Gasteiger partial charge is 0.186 e. The standard InChI is InChI=1S/C12H10.C4H7ClSi/c1-3-7-11(8-4-1)12-9-5-2-6-10-12;1-3-6(5)4-2/h1-10H;3-4,6H,1-2H2. The van der Waals surface area contributed by atoms with Gasteiger partial charge < -0.3 is 0 Å². The SMILES string of the molecule is C=C[SiH](Cl)C=C.c1ccc(-c2ccccc2)cc1. The summed E-state index contributed by atoms with van der Waals surface area (Å²) in [7, 11) is -1.16. The molecule has 0 saturated heterocycles. The van der Waals surface area contributed by atoms with E-state index in [4.69, 9.17) is 11.1 Å². The molecule has 0 fully saturated rings. The van der Waals surface area contributed by atoms with Gasteiger partial charge in [-0.05, 0) is 11.1 Å². The van der Waals surface area contributed by atoms with Crippen LogP contribution in [-0.4, -0.2) is 8.11 Å². The van der Waals surface area contributed by atoms with E-state index < -0.39 is 8.11 Å². The summed E-state index contributed by atoms with van der Waals surface area (Å²) in [4.78, 5) is 0. The number of halogens is 1. The lowest BCUT2D eigenvalue weighted by Gasteiger charge is -1.98. The van der Waals surface area contributed by atoms with Crippen LogP contribution in [0.1, 0.15) is 0 Å². The third-order valence-electron chi connectivity index (χ3n) is 2.33. The summed E-state index contributed by atoms with van der Waals surface area (Å²) in [6.45, 7) is 6.98. The molecule has 2 aromatic carbocycles. The Bertz CT molecular complexity index is 419. The molecule has 0 amide bonds. The van der Waals surface area contributed by atoms with Gasteiger partial charge in [-0.25, -0.2) is 0 Å². The van der Waals surface area contributed by atoms with Gasteiger partial charge in [0.1, 0.15) is 0 Å². The van der Waals surface area contributed by atoms with Gasteiger partial charge in [-0.1, -0.05) is 72.1 Å². The summed E-state index contributed by atoms with van der Waals surface area (Å²) in [6.07, 6.45) is 0. The average molecular weight is 273 g/mol. The van der Waals surface area contributed by atoms with Crippen LogP contribution in [0.15, 0.2) is 85.2 Å². The number of benzene rings is 2. The molecule has 0 aliphatic heterocycles. The van der Waals surface area contributed by atoms with Gasteiger partial charge in [0.15, 0.2) is 8.11 Å². The van der Waals surface area contributed by atoms with Crippen molar-refractivity contribution in [2.24, 2.45) is 0 Å². The average Bonchev–Trinajstić information content (AvgIpc) is 2.49. The van der Waals surface area contributed by atoms with E-state index in [1.807, 2.05) is 12.1 Å². The van der Waals surface area contributed by atoms with Gasteiger partial charge >= 0.3 is 0 Å². The van der Waals surface area contributed by atoms with Crippen molar-refractivity contribution in [2.45, 2.75) is 0 Å². The van der Waals surface area contributed by atoms with Gasteiger partial charge in [-0.15, -0.1) is 13.2 Å². The summed E-state index contributed by atoms with van der Waals surface area (Å²) >= 11 is 5.55. The summed E-state index contributed by atoms with van der Waals surface area (Å²) in [5, 5.41) is 0. The first-order valence-electron chi connectivity index (χ1n) is 5.77. The Morgan fingerprint density at radius 3 is 1.28 bits per heavy atom. The minimum absolute atomic E-state index is 1.16. The molecule has 0 aliphatic rings. The van der Waals surface area contributed by atoms with Crippen molar-refractivity contribution < 1.29 is 0 Å². The number of rotatable bonds is 3. The third-order valence-corrected chi connectivity index (χ3v) is 4.30. The Balaban J connectivity index is 0.000000232. The molecule has 18 heavy (non-hydrogen) atoms. The monoisotopic (exact) mass is 272 g/mol. The summed E-state index contributed by atoms with van der Waals surface area (Å²) in [5.74, 6) is 0. The summed E-state index contributed by atoms with van der Waals surface area (Å²) < 4.78 is 0. The van der Waals surface area contributed by atoms with Gasteiger partial charge in [0.25, 0.3) is 0 Å². The minimum atomic E-state index is -1.16. The van der Waals surface area contributed by atoms with E-state index in [0.29, 0.717) is 0 Å². The Hall–Kier alpha value is -1.57. The lowest BCUT2D eigenvalue weighted by molar-refractivity contribution is 1.62. The zero-order valence-electron chi connectivity index (χ0n) is 10.3. The Kier molecular flexibility index (Phi) is 6.85. The third kappa shape index (κ3) is 5.17. The van der Waals surface area contributed by atoms with Crippen molar-refractivity contribution >= 4 is 19.2 Å². The van der Waals surface area contributed by atoms with Gasteiger partial charge in [0, 0.05) is 0 Å². The molecule has 0 atom stereocenters. The lowest BCUT2D eigenvalue weighted by atomic mass is 10.1. The van der Waals surface area contributed by atoms with E-state index in [2.05, 4.69) is 61.7 Å². The van der Waals surface area contributed by atoms with Crippen molar-refractivity contribution in [3.05, 3.63) is 85.2 Å². The first-order valence-corrected chi connectivity index (χ1v) is 8.85. The van der Waals surface area contributed by atoms with Crippen LogP contribution in [0.3, 0.4) is 0 Å². The lowest BCUT2D eigenvalue weighted by Crippen LogP contribution is -1.88. The highest BCUT2D eigenvalue weighted by atomic mass is 35.6. The first-order chi connectivity index (χ1) is 8.77. The molecular weight excluding hydrogens is 256 g/mol. The predicted octanol–water partition coefficient (Wildman–Crippen LogP) is 4.75. The smallest absolute Gasteiger partial charge is 0.161 e. The van der Waals surface area contributed by atoms with Gasteiger partial charge in [0.05, 0.1) is 0 Å². The molecule has 0 heterocycles. The zero-order valence-corrected chi connectivity index (χ0v) is 12.2. The molecule has 0 radical (unpaired) electrons. The molecular formula is C16H17ClSi. The second-order valence-corrected chi connectivity index (χ2v) is 6.99. The molecule has 0 bridgehead atoms. The molecule has 0 unspecified atom stereocenters. The molecule has 2 aromatic rings. The maximum Gasteiger partial charge on any atom is 0.186 e. The van der Waals surface area contributed by atoms with E-state index in [1.54, 1.807) is 11.4 Å². The normalized spacial score (nSPS) is 9.22. The minimum Gasteiger partial charge on any atom is -0.161 e. The molecule has 0 nitrogen and oxygen atoms in total. The first kappa shape index (κ1) is 14.5.